The molecule has 8 atom stereocenters. The summed E-state index contributed by atoms with van der Waals surface area (Å²) in [5, 5.41) is 0. The van der Waals surface area contributed by atoms with Crippen LogP contribution in [0.15, 0.2) is 0 Å². The maximum Gasteiger partial charge on any atom is 0.305 e. The molecule has 37 heavy (non-hydrogen) atoms. The van der Waals surface area contributed by atoms with E-state index in [1.54, 1.807) is 0 Å². The van der Waals surface area contributed by atoms with Crippen LogP contribution in [0.25, 0.3) is 0 Å². The van der Waals surface area contributed by atoms with Crippen LogP contribution in [0.3, 0.4) is 0 Å². The lowest BCUT2D eigenvalue weighted by Crippen LogP contribution is -2.62. The van der Waals surface area contributed by atoms with Gasteiger partial charge >= 0.3 is 17.9 Å². The largest absolute Gasteiger partial charge is 0.462 e. The standard InChI is InChI=1S/C31H48O6/c1-8-26(32)35-20-13-14-30(6)19(15-20)16-24(36-27(33)9-2)29-22-12-11-21(18(4)5)31(22,7)25(17-23(29)30)37-28(34)10-3/h18,20-25H,8-17H2,1-7H3. The van der Waals surface area contributed by atoms with Crippen LogP contribution in [-0.2, 0) is 28.6 Å². The number of carbonyl (C=O) groups excluding carboxylic acids is 3. The number of carbonyl (C=O) groups is 3. The molecule has 4 rings (SSSR count). The topological polar surface area (TPSA) is 78.9 Å². The first-order chi connectivity index (χ1) is 17.5. The molecule has 4 saturated carbocycles. The average Bonchev–Trinajstić information content (AvgIpc) is 3.23. The van der Waals surface area contributed by atoms with Gasteiger partial charge in [-0.25, -0.2) is 0 Å². The molecule has 6 heteroatoms. The van der Waals surface area contributed by atoms with Crippen molar-refractivity contribution in [3.63, 3.8) is 0 Å². The second-order valence-corrected chi connectivity index (χ2v) is 12.7. The van der Waals surface area contributed by atoms with E-state index in [1.807, 2.05) is 20.8 Å². The molecule has 4 aliphatic carbocycles. The van der Waals surface area contributed by atoms with Gasteiger partial charge in [0.1, 0.15) is 18.3 Å². The highest BCUT2D eigenvalue weighted by Crippen LogP contribution is 2.70. The molecule has 0 aliphatic heterocycles. The molecule has 4 aliphatic rings. The van der Waals surface area contributed by atoms with Crippen LogP contribution in [-0.4, -0.2) is 36.2 Å². The van der Waals surface area contributed by atoms with Crippen molar-refractivity contribution in [1.29, 1.82) is 0 Å². The van der Waals surface area contributed by atoms with Gasteiger partial charge in [0, 0.05) is 30.6 Å². The Morgan fingerprint density at radius 1 is 0.838 bits per heavy atom. The van der Waals surface area contributed by atoms with Crippen molar-refractivity contribution in [1.82, 2.24) is 0 Å². The molecule has 0 aromatic heterocycles. The van der Waals surface area contributed by atoms with Gasteiger partial charge in [-0.05, 0) is 80.0 Å². The van der Waals surface area contributed by atoms with Gasteiger partial charge in [0.15, 0.2) is 0 Å². The van der Waals surface area contributed by atoms with Crippen LogP contribution in [0.4, 0.5) is 0 Å². The summed E-state index contributed by atoms with van der Waals surface area (Å²) in [7, 11) is 0. The Bertz CT molecular complexity index is 868. The molecule has 0 aromatic rings. The highest BCUT2D eigenvalue weighted by Gasteiger charge is 2.68. The van der Waals surface area contributed by atoms with Crippen LogP contribution in [0.2, 0.25) is 0 Å². The first-order valence-corrected chi connectivity index (χ1v) is 14.8. The predicted octanol–water partition coefficient (Wildman–Crippen LogP) is 6.40. The molecule has 0 spiro atoms. The zero-order valence-corrected chi connectivity index (χ0v) is 24.1. The summed E-state index contributed by atoms with van der Waals surface area (Å²) >= 11 is 0. The summed E-state index contributed by atoms with van der Waals surface area (Å²) in [5.41, 5.74) is -0.239. The Labute approximate surface area is 223 Å². The van der Waals surface area contributed by atoms with Crippen molar-refractivity contribution < 1.29 is 28.6 Å². The van der Waals surface area contributed by atoms with Crippen LogP contribution < -0.4 is 0 Å². The second-order valence-electron chi connectivity index (χ2n) is 12.7. The third kappa shape index (κ3) is 4.95. The fourth-order valence-corrected chi connectivity index (χ4v) is 8.66. The number of ether oxygens (including phenoxy) is 3. The summed E-state index contributed by atoms with van der Waals surface area (Å²) in [4.78, 5) is 37.4. The van der Waals surface area contributed by atoms with Gasteiger partial charge in [-0.3, -0.25) is 14.4 Å². The third-order valence-corrected chi connectivity index (χ3v) is 10.6. The van der Waals surface area contributed by atoms with Gasteiger partial charge in [-0.15, -0.1) is 0 Å². The molecule has 208 valence electrons. The lowest BCUT2D eigenvalue weighted by atomic mass is 9.43. The quantitative estimate of drug-likeness (QED) is 0.288. The van der Waals surface area contributed by atoms with Crippen LogP contribution >= 0.6 is 0 Å². The van der Waals surface area contributed by atoms with E-state index in [0.29, 0.717) is 37.5 Å². The summed E-state index contributed by atoms with van der Waals surface area (Å²) in [5.74, 6) is 3.68. The summed E-state index contributed by atoms with van der Waals surface area (Å²) in [6, 6.07) is 0. The van der Waals surface area contributed by atoms with E-state index in [4.69, 9.17) is 14.2 Å². The highest BCUT2D eigenvalue weighted by atomic mass is 16.6. The number of esters is 3. The van der Waals surface area contributed by atoms with Crippen molar-refractivity contribution in [2.75, 3.05) is 0 Å². The number of hydrogen-bond donors (Lipinski definition) is 0. The Morgan fingerprint density at radius 2 is 1.46 bits per heavy atom. The van der Waals surface area contributed by atoms with Crippen molar-refractivity contribution in [3.05, 3.63) is 11.8 Å². The van der Waals surface area contributed by atoms with Gasteiger partial charge < -0.3 is 14.2 Å². The van der Waals surface area contributed by atoms with Gasteiger partial charge in [0.2, 0.25) is 0 Å². The van der Waals surface area contributed by atoms with Crippen molar-refractivity contribution in [2.45, 2.75) is 131 Å². The lowest BCUT2D eigenvalue weighted by molar-refractivity contribution is -0.179. The minimum Gasteiger partial charge on any atom is -0.462 e. The fourth-order valence-electron chi connectivity index (χ4n) is 8.66. The zero-order valence-electron chi connectivity index (χ0n) is 24.1. The summed E-state index contributed by atoms with van der Waals surface area (Å²) < 4.78 is 18.3. The molecule has 0 amide bonds. The van der Waals surface area contributed by atoms with Crippen LogP contribution in [0.5, 0.6) is 0 Å². The van der Waals surface area contributed by atoms with Crippen molar-refractivity contribution in [2.24, 2.45) is 34.5 Å². The second kappa shape index (κ2) is 10.9. The molecule has 0 aromatic carbocycles. The lowest BCUT2D eigenvalue weighted by Gasteiger charge is -2.63. The van der Waals surface area contributed by atoms with E-state index in [1.165, 1.54) is 11.8 Å². The molecule has 0 saturated heterocycles. The molecule has 2 radical (unpaired) electrons. The number of hydrogen-bond acceptors (Lipinski definition) is 6. The van der Waals surface area contributed by atoms with Gasteiger partial charge in [0.25, 0.3) is 0 Å². The van der Waals surface area contributed by atoms with E-state index in [9.17, 15) is 14.4 Å². The Morgan fingerprint density at radius 3 is 2.08 bits per heavy atom. The monoisotopic (exact) mass is 516 g/mol. The molecule has 4 fully saturated rings. The minimum atomic E-state index is -0.251. The van der Waals surface area contributed by atoms with Crippen molar-refractivity contribution >= 4 is 17.9 Å². The van der Waals surface area contributed by atoms with E-state index in [0.717, 1.165) is 38.5 Å². The highest BCUT2D eigenvalue weighted by molar-refractivity contribution is 5.70. The van der Waals surface area contributed by atoms with Gasteiger partial charge in [-0.1, -0.05) is 48.5 Å². The normalized spacial score (nSPS) is 39.9. The van der Waals surface area contributed by atoms with Gasteiger partial charge in [-0.2, -0.15) is 0 Å². The maximum atomic E-state index is 12.7. The van der Waals surface area contributed by atoms with E-state index in [2.05, 4.69) is 27.7 Å². The van der Waals surface area contributed by atoms with Crippen molar-refractivity contribution in [3.8, 4) is 0 Å². The Kier molecular flexibility index (Phi) is 8.36. The Balaban J connectivity index is 1.72. The minimum absolute atomic E-state index is 0.0757. The van der Waals surface area contributed by atoms with E-state index in [-0.39, 0.29) is 58.9 Å². The number of fused-ring (bicyclic) bond motifs is 5. The molecule has 6 nitrogen and oxygen atoms in total. The fraction of sp³-hybridized carbons (Fsp3) is 0.839. The van der Waals surface area contributed by atoms with Crippen LogP contribution in [0.1, 0.15) is 113 Å². The molecular weight excluding hydrogens is 468 g/mol. The SMILES string of the molecule is CCC(=O)OC1CCC2(C)[C](C1)CC(OC(=O)CC)[C]1C2CC(OC(=O)CC)C2(C)C1CCC2C(C)C. The molecule has 8 unspecified atom stereocenters. The first kappa shape index (κ1) is 28.4. The average molecular weight is 517 g/mol. The first-order valence-electron chi connectivity index (χ1n) is 14.8. The molecular formula is C31H48O6. The summed E-state index contributed by atoms with van der Waals surface area (Å²) in [6.45, 7) is 14.8. The molecule has 0 N–H and O–H groups in total. The van der Waals surface area contributed by atoms with E-state index < -0.39 is 0 Å². The summed E-state index contributed by atoms with van der Waals surface area (Å²) in [6.07, 6.45) is 6.73. The van der Waals surface area contributed by atoms with Gasteiger partial charge in [0.05, 0.1) is 0 Å². The zero-order chi connectivity index (χ0) is 27.1. The Hall–Kier alpha value is -1.59. The van der Waals surface area contributed by atoms with E-state index >= 15 is 0 Å². The smallest absolute Gasteiger partial charge is 0.305 e. The third-order valence-electron chi connectivity index (χ3n) is 10.6. The molecule has 0 heterocycles. The predicted molar refractivity (Wildman–Crippen MR) is 141 cm³/mol. The van der Waals surface area contributed by atoms with Crippen LogP contribution in [0, 0.1) is 46.3 Å². The maximum absolute atomic E-state index is 12.7. The number of rotatable bonds is 7. The molecule has 0 bridgehead atoms.